The summed E-state index contributed by atoms with van der Waals surface area (Å²) in [6, 6.07) is 15.4. The van der Waals surface area contributed by atoms with E-state index in [1.165, 1.54) is 30.3 Å². The van der Waals surface area contributed by atoms with E-state index in [1.807, 2.05) is 6.07 Å². The van der Waals surface area contributed by atoms with Crippen molar-refractivity contribution in [1.29, 1.82) is 0 Å². The highest BCUT2D eigenvalue weighted by Crippen LogP contribution is 2.44. The van der Waals surface area contributed by atoms with Gasteiger partial charge in [-0.05, 0) is 29.3 Å². The lowest BCUT2D eigenvalue weighted by atomic mass is 9.93. The van der Waals surface area contributed by atoms with E-state index in [9.17, 15) is 40.5 Å². The van der Waals surface area contributed by atoms with Crippen LogP contribution in [0.15, 0.2) is 66.7 Å². The van der Waals surface area contributed by atoms with Crippen molar-refractivity contribution in [3.05, 3.63) is 83.4 Å². The molecule has 0 bridgehead atoms. The van der Waals surface area contributed by atoms with Gasteiger partial charge in [0.05, 0.1) is 0 Å². The number of esters is 1. The zero-order chi connectivity index (χ0) is 30.0. The molecule has 0 radical (unpaired) electrons. The van der Waals surface area contributed by atoms with Gasteiger partial charge in [-0.2, -0.15) is 0 Å². The number of aliphatic hydroxyl groups excluding tert-OH is 3. The standard InChI is InChI=1S/C30H30O12/c31-17-11-20(33)18-13-23(29(40-22(18)12-17)16-7-8-19(32)21(34)10-16)41-30-28(38)27(37)26(36)24(42-30)14-39-25(35)9-6-15-4-2-1-3-5-15/h1-12,23-24,26-34,36-38H,13-14H2/t23-,24+,26+,27-,28+,29+,30+/m0/s1. The fourth-order valence-corrected chi connectivity index (χ4v) is 4.85. The molecule has 42 heavy (non-hydrogen) atoms. The Labute approximate surface area is 239 Å². The fourth-order valence-electron chi connectivity index (χ4n) is 4.85. The van der Waals surface area contributed by atoms with Gasteiger partial charge in [-0.15, -0.1) is 0 Å². The van der Waals surface area contributed by atoms with Crippen LogP contribution in [0.25, 0.3) is 6.08 Å². The molecule has 0 spiro atoms. The molecule has 12 nitrogen and oxygen atoms in total. The molecule has 2 aliphatic heterocycles. The lowest BCUT2D eigenvalue weighted by molar-refractivity contribution is -0.317. The van der Waals surface area contributed by atoms with Crippen LogP contribution < -0.4 is 4.74 Å². The second kappa shape index (κ2) is 12.3. The normalized spacial score (nSPS) is 27.3. The number of phenols is 4. The number of carbonyl (C=O) groups excluding carboxylic acids is 1. The molecule has 1 saturated heterocycles. The van der Waals surface area contributed by atoms with E-state index in [1.54, 1.807) is 30.3 Å². The van der Waals surface area contributed by atoms with Crippen molar-refractivity contribution in [2.45, 2.75) is 49.3 Å². The number of fused-ring (bicyclic) bond motifs is 1. The summed E-state index contributed by atoms with van der Waals surface area (Å²) in [6.45, 7) is -0.470. The van der Waals surface area contributed by atoms with Crippen LogP contribution in [0.3, 0.4) is 0 Å². The lowest BCUT2D eigenvalue weighted by Crippen LogP contribution is -2.60. The van der Waals surface area contributed by atoms with E-state index in [0.717, 1.165) is 11.6 Å². The summed E-state index contributed by atoms with van der Waals surface area (Å²) in [7, 11) is 0. The molecule has 2 heterocycles. The van der Waals surface area contributed by atoms with Gasteiger partial charge in [0.2, 0.25) is 0 Å². The molecular weight excluding hydrogens is 552 g/mol. The second-order valence-corrected chi connectivity index (χ2v) is 10.00. The summed E-state index contributed by atoms with van der Waals surface area (Å²) in [4.78, 5) is 12.2. The maximum atomic E-state index is 12.2. The van der Waals surface area contributed by atoms with Gasteiger partial charge in [-0.25, -0.2) is 4.79 Å². The van der Waals surface area contributed by atoms with Crippen LogP contribution in [0, 0.1) is 0 Å². The van der Waals surface area contributed by atoms with Crippen molar-refractivity contribution in [3.8, 4) is 28.7 Å². The maximum absolute atomic E-state index is 12.2. The lowest BCUT2D eigenvalue weighted by Gasteiger charge is -2.43. The highest BCUT2D eigenvalue weighted by atomic mass is 16.7. The average molecular weight is 583 g/mol. The number of phenolic OH excluding ortho intramolecular Hbond substituents is 4. The molecule has 3 aromatic rings. The zero-order valence-corrected chi connectivity index (χ0v) is 22.1. The Morgan fingerprint density at radius 3 is 2.38 bits per heavy atom. The Bertz CT molecular complexity index is 1440. The molecule has 0 unspecified atom stereocenters. The van der Waals surface area contributed by atoms with E-state index in [-0.39, 0.29) is 35.0 Å². The van der Waals surface area contributed by atoms with Crippen LogP contribution in [-0.2, 0) is 25.4 Å². The molecule has 222 valence electrons. The first-order chi connectivity index (χ1) is 20.1. The molecule has 3 aromatic carbocycles. The Balaban J connectivity index is 1.34. The predicted molar refractivity (Wildman–Crippen MR) is 145 cm³/mol. The highest BCUT2D eigenvalue weighted by Gasteiger charge is 2.47. The van der Waals surface area contributed by atoms with Gasteiger partial charge in [0.25, 0.3) is 0 Å². The van der Waals surface area contributed by atoms with Gasteiger partial charge >= 0.3 is 5.97 Å². The molecule has 5 rings (SSSR count). The van der Waals surface area contributed by atoms with Crippen molar-refractivity contribution < 1.29 is 59.5 Å². The van der Waals surface area contributed by atoms with Crippen LogP contribution >= 0.6 is 0 Å². The number of aliphatic hydroxyl groups is 3. The molecule has 2 aliphatic rings. The van der Waals surface area contributed by atoms with Crippen LogP contribution in [0.1, 0.15) is 22.8 Å². The van der Waals surface area contributed by atoms with E-state index in [2.05, 4.69) is 0 Å². The van der Waals surface area contributed by atoms with Gasteiger partial charge in [0.15, 0.2) is 23.9 Å². The third-order valence-corrected chi connectivity index (χ3v) is 7.07. The van der Waals surface area contributed by atoms with Crippen molar-refractivity contribution in [3.63, 3.8) is 0 Å². The fraction of sp³-hybridized carbons (Fsp3) is 0.300. The number of aromatic hydroxyl groups is 4. The van der Waals surface area contributed by atoms with Gasteiger partial charge in [-0.3, -0.25) is 0 Å². The molecule has 0 saturated carbocycles. The maximum Gasteiger partial charge on any atom is 0.330 e. The third kappa shape index (κ3) is 6.27. The Hall–Kier alpha value is -4.33. The number of rotatable bonds is 7. The second-order valence-electron chi connectivity index (χ2n) is 10.00. The first-order valence-electron chi connectivity index (χ1n) is 13.1. The average Bonchev–Trinajstić information content (AvgIpc) is 2.97. The monoisotopic (exact) mass is 582 g/mol. The summed E-state index contributed by atoms with van der Waals surface area (Å²) in [5.74, 6) is -1.93. The SMILES string of the molecule is O=C(C=Cc1ccccc1)OC[C@H]1O[C@@H](O[C@H]2Cc3c(O)cc(O)cc3O[C@@H]2c2ccc(O)c(O)c2)[C@H](O)[C@@H](O)[C@@H]1O. The molecule has 0 aromatic heterocycles. The minimum absolute atomic E-state index is 0.0249. The first-order valence-corrected chi connectivity index (χ1v) is 13.1. The van der Waals surface area contributed by atoms with Crippen molar-refractivity contribution >= 4 is 12.0 Å². The minimum atomic E-state index is -1.73. The van der Waals surface area contributed by atoms with E-state index in [0.29, 0.717) is 5.56 Å². The van der Waals surface area contributed by atoms with Gasteiger partial charge in [-0.1, -0.05) is 36.4 Å². The largest absolute Gasteiger partial charge is 0.508 e. The number of hydrogen-bond acceptors (Lipinski definition) is 12. The number of hydrogen-bond donors (Lipinski definition) is 7. The quantitative estimate of drug-likeness (QED) is 0.121. The minimum Gasteiger partial charge on any atom is -0.508 e. The predicted octanol–water partition coefficient (Wildman–Crippen LogP) is 1.63. The molecular formula is C30H30O12. The summed E-state index contributed by atoms with van der Waals surface area (Å²) in [6.07, 6.45) is -7.21. The van der Waals surface area contributed by atoms with Gasteiger partial charge in [0, 0.05) is 30.2 Å². The molecule has 7 atom stereocenters. The van der Waals surface area contributed by atoms with Crippen molar-refractivity contribution in [2.75, 3.05) is 6.61 Å². The molecule has 1 fully saturated rings. The number of benzene rings is 3. The topological polar surface area (TPSA) is 196 Å². The van der Waals surface area contributed by atoms with Crippen LogP contribution in [0.2, 0.25) is 0 Å². The Morgan fingerprint density at radius 2 is 1.64 bits per heavy atom. The molecule has 0 aliphatic carbocycles. The summed E-state index contributed by atoms with van der Waals surface area (Å²) < 4.78 is 23.0. The third-order valence-electron chi connectivity index (χ3n) is 7.07. The van der Waals surface area contributed by atoms with Gasteiger partial charge < -0.3 is 54.7 Å². The number of carbonyl (C=O) groups is 1. The smallest absolute Gasteiger partial charge is 0.330 e. The molecule has 12 heteroatoms. The van der Waals surface area contributed by atoms with Crippen molar-refractivity contribution in [2.24, 2.45) is 0 Å². The van der Waals surface area contributed by atoms with Gasteiger partial charge in [0.1, 0.15) is 54.4 Å². The Morgan fingerprint density at radius 1 is 0.881 bits per heavy atom. The van der Waals surface area contributed by atoms with E-state index in [4.69, 9.17) is 18.9 Å². The van der Waals surface area contributed by atoms with Crippen LogP contribution in [0.5, 0.6) is 28.7 Å². The summed E-state index contributed by atoms with van der Waals surface area (Å²) in [5, 5.41) is 71.9. The first kappa shape index (κ1) is 29.2. The highest BCUT2D eigenvalue weighted by molar-refractivity contribution is 5.87. The van der Waals surface area contributed by atoms with Crippen LogP contribution in [-0.4, -0.2) is 85.1 Å². The van der Waals surface area contributed by atoms with E-state index >= 15 is 0 Å². The zero-order valence-electron chi connectivity index (χ0n) is 22.1. The molecule has 7 N–H and O–H groups in total. The van der Waals surface area contributed by atoms with Crippen molar-refractivity contribution in [1.82, 2.24) is 0 Å². The van der Waals surface area contributed by atoms with Crippen LogP contribution in [0.4, 0.5) is 0 Å². The number of ether oxygens (including phenoxy) is 4. The van der Waals surface area contributed by atoms with E-state index < -0.39 is 61.2 Å². The summed E-state index contributed by atoms with van der Waals surface area (Å²) in [5.41, 5.74) is 1.38. The molecule has 0 amide bonds. The Kier molecular flexibility index (Phi) is 8.52. The summed E-state index contributed by atoms with van der Waals surface area (Å²) >= 11 is 0.